The Kier molecular flexibility index (Phi) is 7.54. The van der Waals surface area contributed by atoms with E-state index in [0.29, 0.717) is 34.0 Å². The van der Waals surface area contributed by atoms with Crippen molar-refractivity contribution in [2.24, 2.45) is 7.05 Å². The van der Waals surface area contributed by atoms with Crippen LogP contribution in [-0.4, -0.2) is 42.2 Å². The summed E-state index contributed by atoms with van der Waals surface area (Å²) in [5, 5.41) is 13.9. The van der Waals surface area contributed by atoms with Gasteiger partial charge in [-0.25, -0.2) is 4.68 Å². The number of pyridine rings is 1. The number of aromatic nitrogens is 6. The van der Waals surface area contributed by atoms with Crippen molar-refractivity contribution in [3.8, 4) is 22.6 Å². The summed E-state index contributed by atoms with van der Waals surface area (Å²) < 4.78 is 10.4. The van der Waals surface area contributed by atoms with Crippen LogP contribution in [0.15, 0.2) is 65.8 Å². The number of ketones is 1. The minimum Gasteiger partial charge on any atom is -0.495 e. The Hall–Kier alpha value is -3.95. The first-order chi connectivity index (χ1) is 18.8. The summed E-state index contributed by atoms with van der Waals surface area (Å²) in [5.41, 5.74) is 3.13. The molecule has 5 rings (SSSR count). The van der Waals surface area contributed by atoms with Crippen molar-refractivity contribution < 1.29 is 9.53 Å². The lowest BCUT2D eigenvalue weighted by atomic mass is 9.98. The van der Waals surface area contributed by atoms with Gasteiger partial charge >= 0.3 is 0 Å². The van der Waals surface area contributed by atoms with E-state index in [-0.39, 0.29) is 22.9 Å². The monoisotopic (exact) mass is 564 g/mol. The highest BCUT2D eigenvalue weighted by atomic mass is 35.5. The van der Waals surface area contributed by atoms with E-state index < -0.39 is 6.04 Å². The average molecular weight is 565 g/mol. The number of fused-ring (bicyclic) bond motifs is 1. The molecule has 5 aromatic rings. The van der Waals surface area contributed by atoms with Gasteiger partial charge in [-0.15, -0.1) is 5.10 Å². The van der Waals surface area contributed by atoms with Crippen molar-refractivity contribution in [1.29, 1.82) is 0 Å². The summed E-state index contributed by atoms with van der Waals surface area (Å²) >= 11 is 12.3. The molecule has 0 fully saturated rings. The Morgan fingerprint density at radius 3 is 2.59 bits per heavy atom. The number of methoxy groups -OCH3 is 1. The van der Waals surface area contributed by atoms with Gasteiger partial charge in [-0.05, 0) is 42.3 Å². The van der Waals surface area contributed by atoms with Gasteiger partial charge in [-0.1, -0.05) is 47.8 Å². The fourth-order valence-corrected chi connectivity index (χ4v) is 5.08. The molecule has 2 aromatic carbocycles. The van der Waals surface area contributed by atoms with Gasteiger partial charge in [0.15, 0.2) is 10.9 Å². The molecule has 0 spiro atoms. The van der Waals surface area contributed by atoms with Crippen LogP contribution in [-0.2, 0) is 18.3 Å². The van der Waals surface area contributed by atoms with Gasteiger partial charge in [-0.2, -0.15) is 5.10 Å². The second-order valence-electron chi connectivity index (χ2n) is 9.29. The summed E-state index contributed by atoms with van der Waals surface area (Å²) in [4.78, 5) is 27.1. The summed E-state index contributed by atoms with van der Waals surface area (Å²) in [5.74, 6) is 0.354. The average Bonchev–Trinajstić information content (AvgIpc) is 3.51. The molecule has 0 saturated carbocycles. The lowest BCUT2D eigenvalue weighted by Crippen LogP contribution is -2.30. The second kappa shape index (κ2) is 11.0. The summed E-state index contributed by atoms with van der Waals surface area (Å²) in [6.45, 7) is 1.99. The van der Waals surface area contributed by atoms with E-state index in [2.05, 4.69) is 15.4 Å². The fraction of sp³-hybridized carbons (Fsp3) is 0.250. The van der Waals surface area contributed by atoms with Crippen LogP contribution < -0.4 is 10.3 Å². The van der Waals surface area contributed by atoms with E-state index >= 15 is 0 Å². The smallest absolute Gasteiger partial charge is 0.252 e. The van der Waals surface area contributed by atoms with Gasteiger partial charge < -0.3 is 9.30 Å². The number of carbonyl (C=O) groups is 1. The maximum Gasteiger partial charge on any atom is 0.252 e. The van der Waals surface area contributed by atoms with Crippen LogP contribution >= 0.6 is 23.2 Å². The molecule has 1 unspecified atom stereocenters. The molecule has 0 aliphatic rings. The Morgan fingerprint density at radius 2 is 1.87 bits per heavy atom. The maximum absolute atomic E-state index is 13.6. The Morgan fingerprint density at radius 1 is 1.05 bits per heavy atom. The molecule has 0 bridgehead atoms. The number of nitrogens with zero attached hydrogens (tertiary/aromatic N) is 6. The number of rotatable bonds is 9. The third kappa shape index (κ3) is 5.46. The molecule has 9 nitrogen and oxygen atoms in total. The first-order valence-corrected chi connectivity index (χ1v) is 13.2. The van der Waals surface area contributed by atoms with Gasteiger partial charge in [0, 0.05) is 47.3 Å². The van der Waals surface area contributed by atoms with Gasteiger partial charge in [0.25, 0.3) is 5.56 Å². The van der Waals surface area contributed by atoms with Crippen molar-refractivity contribution in [2.45, 2.75) is 32.2 Å². The number of Topliss-reactive ketones (excluding diaryl/α,β-unsaturated/α-hetero) is 1. The van der Waals surface area contributed by atoms with Crippen LogP contribution in [0.2, 0.25) is 10.2 Å². The molecule has 3 heterocycles. The van der Waals surface area contributed by atoms with Crippen LogP contribution in [0.4, 0.5) is 0 Å². The zero-order chi connectivity index (χ0) is 27.7. The minimum atomic E-state index is -0.650. The zero-order valence-electron chi connectivity index (χ0n) is 21.6. The van der Waals surface area contributed by atoms with Gasteiger partial charge in [0.2, 0.25) is 0 Å². The van der Waals surface area contributed by atoms with Crippen molar-refractivity contribution in [2.75, 3.05) is 7.11 Å². The second-order valence-corrected chi connectivity index (χ2v) is 10.1. The van der Waals surface area contributed by atoms with E-state index in [0.717, 1.165) is 22.9 Å². The molecule has 1 atom stereocenters. The number of aryl methyl sites for hydroxylation is 1. The van der Waals surface area contributed by atoms with Crippen molar-refractivity contribution in [3.63, 3.8) is 0 Å². The van der Waals surface area contributed by atoms with E-state index in [9.17, 15) is 9.59 Å². The first-order valence-electron chi connectivity index (χ1n) is 12.4. The third-order valence-electron chi connectivity index (χ3n) is 6.56. The van der Waals surface area contributed by atoms with Crippen LogP contribution in [0.25, 0.3) is 27.7 Å². The predicted molar refractivity (Wildman–Crippen MR) is 151 cm³/mol. The predicted octanol–water partition coefficient (Wildman–Crippen LogP) is 5.45. The highest BCUT2D eigenvalue weighted by Crippen LogP contribution is 2.35. The maximum atomic E-state index is 13.6. The lowest BCUT2D eigenvalue weighted by Gasteiger charge is -2.21. The largest absolute Gasteiger partial charge is 0.495 e. The molecule has 0 N–H and O–H groups in total. The molecule has 0 aliphatic carbocycles. The SMILES string of the molecule is CCCC(C(=O)Cc1ccc2nn(C)cc2c1)n1cc(OC)c(-c2cc(Cl)ccc2-n2cc(Cl)nn2)cc1=O. The van der Waals surface area contributed by atoms with Gasteiger partial charge in [-0.3, -0.25) is 14.3 Å². The van der Waals surface area contributed by atoms with Crippen molar-refractivity contribution in [3.05, 3.63) is 87.1 Å². The first kappa shape index (κ1) is 26.6. The summed E-state index contributed by atoms with van der Waals surface area (Å²) in [6, 6.07) is 11.8. The molecule has 0 aliphatic heterocycles. The summed E-state index contributed by atoms with van der Waals surface area (Å²) in [7, 11) is 3.38. The van der Waals surface area contributed by atoms with E-state index in [1.54, 1.807) is 35.3 Å². The number of ether oxygens (including phenoxy) is 1. The molecule has 11 heteroatoms. The zero-order valence-corrected chi connectivity index (χ0v) is 23.1. The van der Waals surface area contributed by atoms with Crippen LogP contribution in [0, 0.1) is 0 Å². The minimum absolute atomic E-state index is 0.0577. The Labute approximate surface area is 234 Å². The molecular weight excluding hydrogens is 539 g/mol. The molecule has 200 valence electrons. The quantitative estimate of drug-likeness (QED) is 0.236. The Balaban J connectivity index is 1.54. The highest BCUT2D eigenvalue weighted by Gasteiger charge is 2.24. The molecule has 0 amide bonds. The van der Waals surface area contributed by atoms with Gasteiger partial charge in [0.1, 0.15) is 5.75 Å². The standard InChI is InChI=1S/C28H26Cl2N6O3/c1-4-5-24(25(37)11-17-6-8-22-18(10-17)14-34(2)32-22)35-15-26(39-3)21(13-28(35)38)20-12-19(29)7-9-23(20)36-16-27(30)31-33-36/h6-10,12-16,24H,4-5,11H2,1-3H3. The normalized spacial score (nSPS) is 12.1. The number of carbonyl (C=O) groups excluding carboxylic acids is 1. The molecule has 0 radical (unpaired) electrons. The van der Waals surface area contributed by atoms with Crippen molar-refractivity contribution >= 4 is 39.9 Å². The van der Waals surface area contributed by atoms with Crippen LogP contribution in [0.3, 0.4) is 0 Å². The topological polar surface area (TPSA) is 96.8 Å². The highest BCUT2D eigenvalue weighted by molar-refractivity contribution is 6.31. The van der Waals surface area contributed by atoms with E-state index in [1.165, 1.54) is 22.4 Å². The Bertz CT molecular complexity index is 1740. The summed E-state index contributed by atoms with van der Waals surface area (Å²) in [6.07, 6.45) is 6.49. The van der Waals surface area contributed by atoms with E-state index in [4.69, 9.17) is 27.9 Å². The third-order valence-corrected chi connectivity index (χ3v) is 6.96. The van der Waals surface area contributed by atoms with Crippen molar-refractivity contribution in [1.82, 2.24) is 29.3 Å². The van der Waals surface area contributed by atoms with Gasteiger partial charge in [0.05, 0.1) is 36.7 Å². The molecule has 0 saturated heterocycles. The number of benzene rings is 2. The molecule has 3 aromatic heterocycles. The number of hydrogen-bond acceptors (Lipinski definition) is 6. The van der Waals surface area contributed by atoms with Crippen LogP contribution in [0.5, 0.6) is 5.75 Å². The van der Waals surface area contributed by atoms with E-state index in [1.807, 2.05) is 38.4 Å². The molecule has 39 heavy (non-hydrogen) atoms. The molecular formula is C28H26Cl2N6O3. The number of hydrogen-bond donors (Lipinski definition) is 0. The fourth-order valence-electron chi connectivity index (χ4n) is 4.79. The van der Waals surface area contributed by atoms with Crippen LogP contribution in [0.1, 0.15) is 31.4 Å². The number of halogens is 2. The lowest BCUT2D eigenvalue weighted by molar-refractivity contribution is -0.121.